The second kappa shape index (κ2) is 6.35. The lowest BCUT2D eigenvalue weighted by Gasteiger charge is -2.11. The van der Waals surface area contributed by atoms with Gasteiger partial charge in [0, 0.05) is 0 Å². The molecule has 0 radical (unpaired) electrons. The van der Waals surface area contributed by atoms with Crippen LogP contribution < -0.4 is 0 Å². The van der Waals surface area contributed by atoms with Crippen molar-refractivity contribution >= 4 is 0 Å². The summed E-state index contributed by atoms with van der Waals surface area (Å²) in [6.07, 6.45) is 14.9. The molecule has 1 aliphatic rings. The highest BCUT2D eigenvalue weighted by atomic mass is 14.5. The topological polar surface area (TPSA) is 0 Å². The van der Waals surface area contributed by atoms with Crippen molar-refractivity contribution in [1.29, 1.82) is 0 Å². The molecule has 0 aromatic carbocycles. The standard InChI is InChI=1S/C15H28/c1-4-7-9-10-11-14-13-15(14,6-3)12-8-5-2/h6,14H,3-5,7-13H2,1-2H3/t14?,15-/m1/s1. The molecule has 2 atom stereocenters. The first kappa shape index (κ1) is 12.8. The summed E-state index contributed by atoms with van der Waals surface area (Å²) < 4.78 is 0. The minimum atomic E-state index is 0.572. The minimum Gasteiger partial charge on any atom is -0.103 e. The van der Waals surface area contributed by atoms with Crippen molar-refractivity contribution in [3.05, 3.63) is 12.7 Å². The summed E-state index contributed by atoms with van der Waals surface area (Å²) in [5, 5.41) is 0. The molecule has 88 valence electrons. The van der Waals surface area contributed by atoms with Crippen molar-refractivity contribution in [3.8, 4) is 0 Å². The van der Waals surface area contributed by atoms with Crippen LogP contribution in [0.5, 0.6) is 0 Å². The molecule has 0 bridgehead atoms. The predicted octanol–water partition coefficient (Wildman–Crippen LogP) is 5.34. The summed E-state index contributed by atoms with van der Waals surface area (Å²) in [7, 11) is 0. The smallest absolute Gasteiger partial charge is 0.00894 e. The molecule has 1 fully saturated rings. The molecule has 1 rings (SSSR count). The lowest BCUT2D eigenvalue weighted by atomic mass is 9.94. The van der Waals surface area contributed by atoms with Gasteiger partial charge in [0.05, 0.1) is 0 Å². The molecule has 0 aliphatic heterocycles. The molecular weight excluding hydrogens is 180 g/mol. The first-order valence-electron chi connectivity index (χ1n) is 6.92. The van der Waals surface area contributed by atoms with Gasteiger partial charge in [-0.1, -0.05) is 58.4 Å². The summed E-state index contributed by atoms with van der Waals surface area (Å²) in [6, 6.07) is 0. The van der Waals surface area contributed by atoms with Gasteiger partial charge in [0.25, 0.3) is 0 Å². The van der Waals surface area contributed by atoms with E-state index >= 15 is 0 Å². The summed E-state index contributed by atoms with van der Waals surface area (Å²) in [5.74, 6) is 0.985. The Morgan fingerprint density at radius 1 is 1.13 bits per heavy atom. The van der Waals surface area contributed by atoms with E-state index in [1.165, 1.54) is 57.8 Å². The second-order valence-corrected chi connectivity index (χ2v) is 5.29. The van der Waals surface area contributed by atoms with Gasteiger partial charge in [-0.05, 0) is 30.6 Å². The maximum Gasteiger partial charge on any atom is -0.00894 e. The van der Waals surface area contributed by atoms with E-state index in [2.05, 4.69) is 26.5 Å². The van der Waals surface area contributed by atoms with Gasteiger partial charge >= 0.3 is 0 Å². The first-order valence-corrected chi connectivity index (χ1v) is 6.92. The monoisotopic (exact) mass is 208 g/mol. The molecule has 1 aliphatic carbocycles. The Morgan fingerprint density at radius 2 is 1.87 bits per heavy atom. The lowest BCUT2D eigenvalue weighted by Crippen LogP contribution is -1.99. The fourth-order valence-electron chi connectivity index (χ4n) is 2.77. The molecule has 1 saturated carbocycles. The second-order valence-electron chi connectivity index (χ2n) is 5.29. The highest BCUT2D eigenvalue weighted by molar-refractivity contribution is 5.11. The van der Waals surface area contributed by atoms with E-state index in [1.54, 1.807) is 0 Å². The van der Waals surface area contributed by atoms with E-state index in [9.17, 15) is 0 Å². The molecule has 0 nitrogen and oxygen atoms in total. The van der Waals surface area contributed by atoms with Gasteiger partial charge in [-0.2, -0.15) is 0 Å². The summed E-state index contributed by atoms with van der Waals surface area (Å²) in [4.78, 5) is 0. The Labute approximate surface area is 96.2 Å². The molecular formula is C15H28. The van der Waals surface area contributed by atoms with Crippen LogP contribution in [0.25, 0.3) is 0 Å². The van der Waals surface area contributed by atoms with Crippen LogP contribution in [0.4, 0.5) is 0 Å². The average molecular weight is 208 g/mol. The van der Waals surface area contributed by atoms with Gasteiger partial charge in [0.15, 0.2) is 0 Å². The fraction of sp³-hybridized carbons (Fsp3) is 0.867. The molecule has 0 spiro atoms. The van der Waals surface area contributed by atoms with Gasteiger partial charge in [-0.25, -0.2) is 0 Å². The van der Waals surface area contributed by atoms with Crippen molar-refractivity contribution < 1.29 is 0 Å². The Morgan fingerprint density at radius 3 is 2.47 bits per heavy atom. The van der Waals surface area contributed by atoms with Crippen LogP contribution in [0.1, 0.15) is 71.6 Å². The van der Waals surface area contributed by atoms with E-state index in [1.807, 2.05) is 0 Å². The third kappa shape index (κ3) is 3.66. The van der Waals surface area contributed by atoms with Gasteiger partial charge in [0.1, 0.15) is 0 Å². The largest absolute Gasteiger partial charge is 0.103 e. The summed E-state index contributed by atoms with van der Waals surface area (Å²) >= 11 is 0. The highest BCUT2D eigenvalue weighted by Crippen LogP contribution is 2.59. The maximum atomic E-state index is 4.04. The van der Waals surface area contributed by atoms with E-state index in [0.717, 1.165) is 5.92 Å². The lowest BCUT2D eigenvalue weighted by molar-refractivity contribution is 0.464. The van der Waals surface area contributed by atoms with Gasteiger partial charge < -0.3 is 0 Å². The van der Waals surface area contributed by atoms with Crippen molar-refractivity contribution in [1.82, 2.24) is 0 Å². The molecule has 0 heteroatoms. The molecule has 0 aromatic rings. The van der Waals surface area contributed by atoms with Crippen molar-refractivity contribution in [2.45, 2.75) is 71.6 Å². The van der Waals surface area contributed by atoms with E-state index in [4.69, 9.17) is 0 Å². The summed E-state index contributed by atoms with van der Waals surface area (Å²) in [5.41, 5.74) is 0.572. The average Bonchev–Trinajstić information content (AvgIpc) is 2.96. The minimum absolute atomic E-state index is 0.572. The zero-order valence-corrected chi connectivity index (χ0v) is 10.7. The number of allylic oxidation sites excluding steroid dienone is 1. The third-order valence-electron chi connectivity index (χ3n) is 4.09. The number of hydrogen-bond acceptors (Lipinski definition) is 0. The number of rotatable bonds is 9. The van der Waals surface area contributed by atoms with Crippen LogP contribution in [-0.2, 0) is 0 Å². The SMILES string of the molecule is C=C[C@@]1(CCCC)CC1CCCCCC. The fourth-order valence-corrected chi connectivity index (χ4v) is 2.77. The maximum absolute atomic E-state index is 4.04. The van der Waals surface area contributed by atoms with Gasteiger partial charge in [0.2, 0.25) is 0 Å². The zero-order chi connectivity index (χ0) is 11.1. The van der Waals surface area contributed by atoms with Gasteiger partial charge in [-0.15, -0.1) is 6.58 Å². The van der Waals surface area contributed by atoms with Crippen LogP contribution in [-0.4, -0.2) is 0 Å². The first-order chi connectivity index (χ1) is 7.29. The molecule has 0 aromatic heterocycles. The molecule has 15 heavy (non-hydrogen) atoms. The third-order valence-corrected chi connectivity index (χ3v) is 4.09. The molecule has 0 heterocycles. The Bertz CT molecular complexity index is 182. The van der Waals surface area contributed by atoms with Crippen LogP contribution in [0, 0.1) is 11.3 Å². The quantitative estimate of drug-likeness (QED) is 0.354. The molecule has 0 amide bonds. The van der Waals surface area contributed by atoms with Gasteiger partial charge in [-0.3, -0.25) is 0 Å². The molecule has 0 N–H and O–H groups in total. The van der Waals surface area contributed by atoms with Crippen molar-refractivity contribution in [3.63, 3.8) is 0 Å². The Kier molecular flexibility index (Phi) is 5.42. The normalized spacial score (nSPS) is 29.1. The number of hydrogen-bond donors (Lipinski definition) is 0. The zero-order valence-electron chi connectivity index (χ0n) is 10.7. The van der Waals surface area contributed by atoms with E-state index in [0.29, 0.717) is 5.41 Å². The predicted molar refractivity (Wildman–Crippen MR) is 69.0 cm³/mol. The number of unbranched alkanes of at least 4 members (excludes halogenated alkanes) is 4. The van der Waals surface area contributed by atoms with Crippen molar-refractivity contribution in [2.75, 3.05) is 0 Å². The summed E-state index contributed by atoms with van der Waals surface area (Å²) in [6.45, 7) is 8.61. The van der Waals surface area contributed by atoms with Crippen molar-refractivity contribution in [2.24, 2.45) is 11.3 Å². The Balaban J connectivity index is 2.14. The molecule has 0 saturated heterocycles. The molecule has 1 unspecified atom stereocenters. The van der Waals surface area contributed by atoms with E-state index in [-0.39, 0.29) is 0 Å². The van der Waals surface area contributed by atoms with Crippen LogP contribution >= 0.6 is 0 Å². The Hall–Kier alpha value is -0.260. The van der Waals surface area contributed by atoms with Crippen LogP contribution in [0.2, 0.25) is 0 Å². The van der Waals surface area contributed by atoms with Crippen LogP contribution in [0.3, 0.4) is 0 Å². The van der Waals surface area contributed by atoms with E-state index < -0.39 is 0 Å². The van der Waals surface area contributed by atoms with Crippen LogP contribution in [0.15, 0.2) is 12.7 Å². The highest BCUT2D eigenvalue weighted by Gasteiger charge is 2.49.